The first-order valence-corrected chi connectivity index (χ1v) is 10.2. The summed E-state index contributed by atoms with van der Waals surface area (Å²) in [5, 5.41) is 16.3. The maximum atomic E-state index is 10.1. The molecule has 6 nitrogen and oxygen atoms in total. The lowest BCUT2D eigenvalue weighted by Crippen LogP contribution is -2.12. The number of aromatic hydroxyl groups is 1. The third kappa shape index (κ3) is 5.80. The number of anilines is 1. The van der Waals surface area contributed by atoms with Crippen LogP contribution in [0.5, 0.6) is 11.5 Å². The van der Waals surface area contributed by atoms with E-state index < -0.39 is 0 Å². The SMILES string of the molecule is CCCCCOc1ccc(C=NN(C)c2cc(C)nc(-c3ccccc3O)n2)cc1. The highest BCUT2D eigenvalue weighted by atomic mass is 16.5. The van der Waals surface area contributed by atoms with E-state index in [-0.39, 0.29) is 5.75 Å². The Morgan fingerprint density at radius 2 is 1.83 bits per heavy atom. The molecule has 0 amide bonds. The van der Waals surface area contributed by atoms with Gasteiger partial charge in [-0.15, -0.1) is 0 Å². The van der Waals surface area contributed by atoms with Crippen LogP contribution in [0.4, 0.5) is 5.82 Å². The molecule has 3 rings (SSSR count). The fourth-order valence-electron chi connectivity index (χ4n) is 2.91. The van der Waals surface area contributed by atoms with Gasteiger partial charge in [0, 0.05) is 18.8 Å². The van der Waals surface area contributed by atoms with Crippen molar-refractivity contribution in [2.75, 3.05) is 18.7 Å². The van der Waals surface area contributed by atoms with E-state index in [9.17, 15) is 5.11 Å². The number of unbranched alkanes of at least 4 members (excludes halogenated alkanes) is 2. The molecular weight excluding hydrogens is 376 g/mol. The number of benzene rings is 2. The average Bonchev–Trinajstić information content (AvgIpc) is 2.76. The highest BCUT2D eigenvalue weighted by molar-refractivity contribution is 5.80. The zero-order valence-corrected chi connectivity index (χ0v) is 17.7. The Bertz CT molecular complexity index is 987. The molecule has 0 atom stereocenters. The quantitative estimate of drug-likeness (QED) is 0.302. The van der Waals surface area contributed by atoms with Crippen molar-refractivity contribution in [1.29, 1.82) is 0 Å². The average molecular weight is 405 g/mol. The minimum absolute atomic E-state index is 0.150. The second-order valence-corrected chi connectivity index (χ2v) is 7.10. The molecule has 0 saturated carbocycles. The summed E-state index contributed by atoms with van der Waals surface area (Å²) in [6, 6.07) is 16.8. The van der Waals surface area contributed by atoms with Gasteiger partial charge in [0.1, 0.15) is 11.5 Å². The van der Waals surface area contributed by atoms with Gasteiger partial charge in [0.15, 0.2) is 11.6 Å². The number of phenolic OH excluding ortho intramolecular Hbond substituents is 1. The van der Waals surface area contributed by atoms with Gasteiger partial charge >= 0.3 is 0 Å². The molecule has 0 saturated heterocycles. The Morgan fingerprint density at radius 1 is 1.07 bits per heavy atom. The van der Waals surface area contributed by atoms with Gasteiger partial charge in [-0.1, -0.05) is 31.9 Å². The van der Waals surface area contributed by atoms with Crippen LogP contribution in [-0.4, -0.2) is 34.9 Å². The standard InChI is InChI=1S/C24H28N4O2/c1-4-5-8-15-30-20-13-11-19(12-14-20)17-25-28(3)23-16-18(2)26-24(27-23)21-9-6-7-10-22(21)29/h6-7,9-14,16-17,29H,4-5,8,15H2,1-3H3. The Balaban J connectivity index is 1.69. The fraction of sp³-hybridized carbons (Fsp3) is 0.292. The molecule has 6 heteroatoms. The fourth-order valence-corrected chi connectivity index (χ4v) is 2.91. The monoisotopic (exact) mass is 404 g/mol. The summed E-state index contributed by atoms with van der Waals surface area (Å²) < 4.78 is 5.74. The van der Waals surface area contributed by atoms with Crippen molar-refractivity contribution < 1.29 is 9.84 Å². The topological polar surface area (TPSA) is 70.8 Å². The Labute approximate surface area is 177 Å². The molecule has 0 unspecified atom stereocenters. The summed E-state index contributed by atoms with van der Waals surface area (Å²) in [4.78, 5) is 9.01. The van der Waals surface area contributed by atoms with E-state index in [4.69, 9.17) is 4.74 Å². The third-order valence-corrected chi connectivity index (χ3v) is 4.59. The first kappa shape index (κ1) is 21.3. The predicted octanol–water partition coefficient (Wildman–Crippen LogP) is 5.20. The minimum Gasteiger partial charge on any atom is -0.507 e. The maximum absolute atomic E-state index is 10.1. The number of nitrogens with zero attached hydrogens (tertiary/aromatic N) is 4. The van der Waals surface area contributed by atoms with Crippen molar-refractivity contribution >= 4 is 12.0 Å². The second-order valence-electron chi connectivity index (χ2n) is 7.10. The van der Waals surface area contributed by atoms with E-state index in [1.165, 1.54) is 12.8 Å². The van der Waals surface area contributed by atoms with Crippen LogP contribution in [0.2, 0.25) is 0 Å². The summed E-state index contributed by atoms with van der Waals surface area (Å²) >= 11 is 0. The van der Waals surface area contributed by atoms with Crippen LogP contribution >= 0.6 is 0 Å². The van der Waals surface area contributed by atoms with Crippen molar-refractivity contribution in [3.63, 3.8) is 0 Å². The lowest BCUT2D eigenvalue weighted by atomic mass is 10.2. The summed E-state index contributed by atoms with van der Waals surface area (Å²) in [5.74, 6) is 2.13. The van der Waals surface area contributed by atoms with E-state index in [1.807, 2.05) is 50.4 Å². The van der Waals surface area contributed by atoms with Gasteiger partial charge in [0.25, 0.3) is 0 Å². The van der Waals surface area contributed by atoms with Gasteiger partial charge in [0.2, 0.25) is 0 Å². The normalized spacial score (nSPS) is 11.0. The van der Waals surface area contributed by atoms with Crippen LogP contribution in [0.1, 0.15) is 37.4 Å². The highest BCUT2D eigenvalue weighted by Crippen LogP contribution is 2.27. The summed E-state index contributed by atoms with van der Waals surface area (Å²) in [5.41, 5.74) is 2.36. The van der Waals surface area contributed by atoms with E-state index in [0.717, 1.165) is 30.0 Å². The second kappa shape index (κ2) is 10.4. The number of phenols is 1. The molecule has 0 fully saturated rings. The Hall–Kier alpha value is -3.41. The van der Waals surface area contributed by atoms with E-state index >= 15 is 0 Å². The number of ether oxygens (including phenoxy) is 1. The molecule has 0 aliphatic rings. The van der Waals surface area contributed by atoms with Gasteiger partial charge in [0.05, 0.1) is 18.4 Å². The third-order valence-electron chi connectivity index (χ3n) is 4.59. The van der Waals surface area contributed by atoms with Crippen LogP contribution in [0.15, 0.2) is 59.7 Å². The summed E-state index contributed by atoms with van der Waals surface area (Å²) in [6.45, 7) is 4.82. The number of aromatic nitrogens is 2. The zero-order valence-electron chi connectivity index (χ0n) is 17.7. The number of hydrogen-bond acceptors (Lipinski definition) is 6. The molecule has 3 aromatic rings. The number of para-hydroxylation sites is 1. The lowest BCUT2D eigenvalue weighted by molar-refractivity contribution is 0.306. The van der Waals surface area contributed by atoms with Crippen molar-refractivity contribution in [2.24, 2.45) is 5.10 Å². The zero-order chi connectivity index (χ0) is 21.3. The van der Waals surface area contributed by atoms with Crippen LogP contribution in [0, 0.1) is 6.92 Å². The minimum atomic E-state index is 0.150. The Kier molecular flexibility index (Phi) is 7.38. The molecule has 0 aliphatic heterocycles. The molecule has 30 heavy (non-hydrogen) atoms. The van der Waals surface area contributed by atoms with Crippen molar-refractivity contribution in [2.45, 2.75) is 33.1 Å². The van der Waals surface area contributed by atoms with E-state index in [1.54, 1.807) is 29.4 Å². The highest BCUT2D eigenvalue weighted by Gasteiger charge is 2.11. The van der Waals surface area contributed by atoms with Gasteiger partial charge in [-0.05, 0) is 55.3 Å². The number of hydrazone groups is 1. The van der Waals surface area contributed by atoms with Gasteiger partial charge in [-0.2, -0.15) is 5.10 Å². The predicted molar refractivity (Wildman–Crippen MR) is 121 cm³/mol. The molecular formula is C24H28N4O2. The van der Waals surface area contributed by atoms with Gasteiger partial charge < -0.3 is 9.84 Å². The smallest absolute Gasteiger partial charge is 0.165 e. The van der Waals surface area contributed by atoms with Crippen LogP contribution in [-0.2, 0) is 0 Å². The lowest BCUT2D eigenvalue weighted by Gasteiger charge is -2.14. The Morgan fingerprint density at radius 3 is 2.57 bits per heavy atom. The number of hydrogen-bond donors (Lipinski definition) is 1. The molecule has 1 heterocycles. The first-order valence-electron chi connectivity index (χ1n) is 10.2. The van der Waals surface area contributed by atoms with Gasteiger partial charge in [-0.25, -0.2) is 9.97 Å². The van der Waals surface area contributed by atoms with Crippen molar-refractivity contribution in [1.82, 2.24) is 9.97 Å². The maximum Gasteiger partial charge on any atom is 0.165 e. The van der Waals surface area contributed by atoms with Crippen LogP contribution in [0.3, 0.4) is 0 Å². The molecule has 0 bridgehead atoms. The summed E-state index contributed by atoms with van der Waals surface area (Å²) in [6.07, 6.45) is 5.22. The van der Waals surface area contributed by atoms with Crippen LogP contribution in [0.25, 0.3) is 11.4 Å². The van der Waals surface area contributed by atoms with Crippen LogP contribution < -0.4 is 9.75 Å². The summed E-state index contributed by atoms with van der Waals surface area (Å²) in [7, 11) is 1.83. The van der Waals surface area contributed by atoms with E-state index in [2.05, 4.69) is 22.0 Å². The molecule has 1 aromatic heterocycles. The molecule has 2 aromatic carbocycles. The molecule has 1 N–H and O–H groups in total. The van der Waals surface area contributed by atoms with E-state index in [0.29, 0.717) is 17.2 Å². The molecule has 0 aliphatic carbocycles. The largest absolute Gasteiger partial charge is 0.507 e. The van der Waals surface area contributed by atoms with Crippen molar-refractivity contribution in [3.05, 3.63) is 65.9 Å². The van der Waals surface area contributed by atoms with Crippen molar-refractivity contribution in [3.8, 4) is 22.9 Å². The number of aryl methyl sites for hydroxylation is 1. The molecule has 156 valence electrons. The molecule has 0 spiro atoms. The van der Waals surface area contributed by atoms with Gasteiger partial charge in [-0.3, -0.25) is 5.01 Å². The first-order chi connectivity index (χ1) is 14.6. The molecule has 0 radical (unpaired) electrons. The number of rotatable bonds is 9.